The van der Waals surface area contributed by atoms with Crippen LogP contribution in [0.15, 0.2) is 42.7 Å². The first-order chi connectivity index (χ1) is 13.1. The van der Waals surface area contributed by atoms with Crippen LogP contribution in [-0.2, 0) is 6.42 Å². The SMILES string of the molecule is COc1cccc(-c2cc(F)ccc2C2Cc3ncnc(C)c3C(=O)N2)n1. The average Bonchev–Trinajstić information content (AvgIpc) is 2.67. The number of benzene rings is 1. The maximum Gasteiger partial charge on any atom is 0.255 e. The van der Waals surface area contributed by atoms with Crippen molar-refractivity contribution in [2.75, 3.05) is 7.11 Å². The Morgan fingerprint density at radius 2 is 2.07 bits per heavy atom. The summed E-state index contributed by atoms with van der Waals surface area (Å²) in [5.74, 6) is -0.170. The van der Waals surface area contributed by atoms with E-state index >= 15 is 0 Å². The van der Waals surface area contributed by atoms with Gasteiger partial charge in [0.15, 0.2) is 0 Å². The summed E-state index contributed by atoms with van der Waals surface area (Å²) in [5, 5.41) is 2.99. The van der Waals surface area contributed by atoms with Gasteiger partial charge in [-0.3, -0.25) is 4.79 Å². The maximum absolute atomic E-state index is 14.0. The summed E-state index contributed by atoms with van der Waals surface area (Å²) >= 11 is 0. The van der Waals surface area contributed by atoms with Gasteiger partial charge in [0, 0.05) is 18.1 Å². The molecule has 0 fully saturated rings. The van der Waals surface area contributed by atoms with E-state index in [-0.39, 0.29) is 17.8 Å². The minimum absolute atomic E-state index is 0.228. The van der Waals surface area contributed by atoms with E-state index in [1.165, 1.54) is 25.6 Å². The van der Waals surface area contributed by atoms with Crippen LogP contribution in [0.1, 0.15) is 33.4 Å². The number of hydrogen-bond acceptors (Lipinski definition) is 5. The van der Waals surface area contributed by atoms with Gasteiger partial charge in [-0.25, -0.2) is 19.3 Å². The predicted octanol–water partition coefficient (Wildman–Crippen LogP) is 3.02. The molecule has 2 aromatic heterocycles. The number of ether oxygens (including phenoxy) is 1. The van der Waals surface area contributed by atoms with Gasteiger partial charge in [0.2, 0.25) is 5.88 Å². The van der Waals surface area contributed by atoms with Gasteiger partial charge in [-0.15, -0.1) is 0 Å². The molecule has 27 heavy (non-hydrogen) atoms. The second-order valence-electron chi connectivity index (χ2n) is 6.31. The van der Waals surface area contributed by atoms with Gasteiger partial charge >= 0.3 is 0 Å². The highest BCUT2D eigenvalue weighted by Crippen LogP contribution is 2.33. The number of nitrogens with zero attached hydrogens (tertiary/aromatic N) is 3. The molecule has 1 aliphatic heterocycles. The Balaban J connectivity index is 1.80. The van der Waals surface area contributed by atoms with Crippen molar-refractivity contribution < 1.29 is 13.9 Å². The van der Waals surface area contributed by atoms with Crippen LogP contribution >= 0.6 is 0 Å². The van der Waals surface area contributed by atoms with Gasteiger partial charge in [-0.05, 0) is 30.7 Å². The minimum Gasteiger partial charge on any atom is -0.481 e. The Labute approximate surface area is 155 Å². The molecule has 3 heterocycles. The maximum atomic E-state index is 14.0. The number of carbonyl (C=O) groups excluding carboxylic acids is 1. The van der Waals surface area contributed by atoms with Crippen molar-refractivity contribution in [3.63, 3.8) is 0 Å². The van der Waals surface area contributed by atoms with Crippen LogP contribution < -0.4 is 10.1 Å². The number of pyridine rings is 1. The minimum atomic E-state index is -0.376. The molecule has 0 bridgehead atoms. The molecule has 1 amide bonds. The number of nitrogens with one attached hydrogen (secondary N) is 1. The molecule has 0 saturated heterocycles. The van der Waals surface area contributed by atoms with Crippen LogP contribution in [0.4, 0.5) is 4.39 Å². The lowest BCUT2D eigenvalue weighted by molar-refractivity contribution is 0.0922. The summed E-state index contributed by atoms with van der Waals surface area (Å²) in [5.41, 5.74) is 3.79. The molecule has 0 spiro atoms. The number of aryl methyl sites for hydroxylation is 1. The molecule has 1 unspecified atom stereocenters. The van der Waals surface area contributed by atoms with E-state index in [0.29, 0.717) is 40.5 Å². The number of amides is 1. The molecule has 0 saturated carbocycles. The van der Waals surface area contributed by atoms with Gasteiger partial charge in [-0.1, -0.05) is 12.1 Å². The summed E-state index contributed by atoms with van der Waals surface area (Å²) in [6, 6.07) is 9.43. The third-order valence-electron chi connectivity index (χ3n) is 4.64. The molecule has 3 aromatic rings. The number of aromatic nitrogens is 3. The predicted molar refractivity (Wildman–Crippen MR) is 96.9 cm³/mol. The second kappa shape index (κ2) is 6.75. The van der Waals surface area contributed by atoms with Crippen molar-refractivity contribution in [2.45, 2.75) is 19.4 Å². The summed E-state index contributed by atoms with van der Waals surface area (Å²) in [6.45, 7) is 1.78. The zero-order chi connectivity index (χ0) is 19.0. The number of hydrogen-bond donors (Lipinski definition) is 1. The summed E-state index contributed by atoms with van der Waals surface area (Å²) < 4.78 is 19.2. The van der Waals surface area contributed by atoms with Crippen LogP contribution in [0.5, 0.6) is 5.88 Å². The van der Waals surface area contributed by atoms with E-state index in [1.54, 1.807) is 31.2 Å². The number of halogens is 1. The van der Waals surface area contributed by atoms with Gasteiger partial charge < -0.3 is 10.1 Å². The lowest BCUT2D eigenvalue weighted by Crippen LogP contribution is -2.37. The average molecular weight is 364 g/mol. The first kappa shape index (κ1) is 17.1. The molecular weight excluding hydrogens is 347 g/mol. The third-order valence-corrected chi connectivity index (χ3v) is 4.64. The summed E-state index contributed by atoms with van der Waals surface area (Å²) in [4.78, 5) is 25.4. The number of fused-ring (bicyclic) bond motifs is 1. The van der Waals surface area contributed by atoms with E-state index in [4.69, 9.17) is 4.74 Å². The van der Waals surface area contributed by atoms with Crippen molar-refractivity contribution in [2.24, 2.45) is 0 Å². The molecule has 4 rings (SSSR count). The van der Waals surface area contributed by atoms with Gasteiger partial charge in [0.1, 0.15) is 12.1 Å². The largest absolute Gasteiger partial charge is 0.481 e. The van der Waals surface area contributed by atoms with Crippen LogP contribution in [0.3, 0.4) is 0 Å². The summed E-state index contributed by atoms with van der Waals surface area (Å²) in [7, 11) is 1.53. The lowest BCUT2D eigenvalue weighted by atomic mass is 9.90. The van der Waals surface area contributed by atoms with Crippen molar-refractivity contribution in [1.29, 1.82) is 0 Å². The fraction of sp³-hybridized carbons (Fsp3) is 0.200. The van der Waals surface area contributed by atoms with Crippen molar-refractivity contribution in [3.8, 4) is 17.1 Å². The number of methoxy groups -OCH3 is 1. The zero-order valence-corrected chi connectivity index (χ0v) is 14.9. The molecule has 1 aliphatic rings. The molecule has 1 aromatic carbocycles. The molecule has 6 nitrogen and oxygen atoms in total. The van der Waals surface area contributed by atoms with Gasteiger partial charge in [0.05, 0.1) is 35.8 Å². The number of rotatable bonds is 3. The molecule has 136 valence electrons. The summed E-state index contributed by atoms with van der Waals surface area (Å²) in [6.07, 6.45) is 1.95. The van der Waals surface area contributed by atoms with Crippen molar-refractivity contribution >= 4 is 5.91 Å². The van der Waals surface area contributed by atoms with E-state index < -0.39 is 0 Å². The Morgan fingerprint density at radius 1 is 1.22 bits per heavy atom. The highest BCUT2D eigenvalue weighted by molar-refractivity contribution is 5.97. The fourth-order valence-electron chi connectivity index (χ4n) is 3.37. The van der Waals surface area contributed by atoms with Gasteiger partial charge in [0.25, 0.3) is 5.91 Å². The van der Waals surface area contributed by atoms with E-state index in [0.717, 1.165) is 5.56 Å². The molecule has 7 heteroatoms. The van der Waals surface area contributed by atoms with Crippen LogP contribution in [0.25, 0.3) is 11.3 Å². The van der Waals surface area contributed by atoms with Crippen molar-refractivity contribution in [3.05, 3.63) is 71.1 Å². The first-order valence-electron chi connectivity index (χ1n) is 8.49. The zero-order valence-electron chi connectivity index (χ0n) is 14.9. The van der Waals surface area contributed by atoms with Crippen LogP contribution in [0, 0.1) is 12.7 Å². The lowest BCUT2D eigenvalue weighted by Gasteiger charge is -2.27. The topological polar surface area (TPSA) is 77.0 Å². The van der Waals surface area contributed by atoms with Crippen molar-refractivity contribution in [1.82, 2.24) is 20.3 Å². The quantitative estimate of drug-likeness (QED) is 0.773. The first-order valence-corrected chi connectivity index (χ1v) is 8.49. The smallest absolute Gasteiger partial charge is 0.255 e. The molecule has 0 aliphatic carbocycles. The van der Waals surface area contributed by atoms with Crippen LogP contribution in [-0.4, -0.2) is 28.0 Å². The van der Waals surface area contributed by atoms with E-state index in [9.17, 15) is 9.18 Å². The third kappa shape index (κ3) is 3.12. The Bertz CT molecular complexity index is 1040. The molecule has 1 atom stereocenters. The standard InChI is InChI=1S/C20H17FN4O2/c1-11-19-17(23-10-22-11)9-16(25-20(19)26)13-7-6-12(21)8-14(13)15-4-3-5-18(24-15)27-2/h3-8,10,16H,9H2,1-2H3,(H,25,26). The monoisotopic (exact) mass is 364 g/mol. The molecular formula is C20H17FN4O2. The Hall–Kier alpha value is -3.35. The Morgan fingerprint density at radius 3 is 2.89 bits per heavy atom. The van der Waals surface area contributed by atoms with E-state index in [1.807, 2.05) is 0 Å². The van der Waals surface area contributed by atoms with Crippen LogP contribution in [0.2, 0.25) is 0 Å². The highest BCUT2D eigenvalue weighted by atomic mass is 19.1. The fourth-order valence-corrected chi connectivity index (χ4v) is 3.37. The number of carbonyl (C=O) groups is 1. The van der Waals surface area contributed by atoms with E-state index in [2.05, 4.69) is 20.3 Å². The normalized spacial score (nSPS) is 15.8. The van der Waals surface area contributed by atoms with Gasteiger partial charge in [-0.2, -0.15) is 0 Å². The highest BCUT2D eigenvalue weighted by Gasteiger charge is 2.30. The molecule has 0 radical (unpaired) electrons. The Kier molecular flexibility index (Phi) is 4.27. The second-order valence-corrected chi connectivity index (χ2v) is 6.31. The molecule has 1 N–H and O–H groups in total.